The SMILES string of the molecule is COc1ccc2c(c1)CC(CO)O2. The second-order valence-corrected chi connectivity index (χ2v) is 3.10. The number of benzene rings is 1. The third kappa shape index (κ3) is 1.47. The summed E-state index contributed by atoms with van der Waals surface area (Å²) in [5, 5.41) is 8.91. The van der Waals surface area contributed by atoms with E-state index in [1.54, 1.807) is 7.11 Å². The van der Waals surface area contributed by atoms with Gasteiger partial charge in [-0.25, -0.2) is 0 Å². The topological polar surface area (TPSA) is 38.7 Å². The van der Waals surface area contributed by atoms with Crippen LogP contribution in [0.2, 0.25) is 0 Å². The first kappa shape index (κ1) is 8.38. The molecule has 1 aliphatic rings. The molecule has 1 heterocycles. The molecule has 3 nitrogen and oxygen atoms in total. The number of rotatable bonds is 2. The van der Waals surface area contributed by atoms with Crippen molar-refractivity contribution in [2.75, 3.05) is 13.7 Å². The van der Waals surface area contributed by atoms with E-state index in [0.717, 1.165) is 23.5 Å². The summed E-state index contributed by atoms with van der Waals surface area (Å²) in [4.78, 5) is 0. The normalized spacial score (nSPS) is 19.4. The highest BCUT2D eigenvalue weighted by Crippen LogP contribution is 2.31. The van der Waals surface area contributed by atoms with E-state index in [9.17, 15) is 0 Å². The molecular weight excluding hydrogens is 168 g/mol. The van der Waals surface area contributed by atoms with Crippen molar-refractivity contribution in [3.05, 3.63) is 23.8 Å². The fourth-order valence-electron chi connectivity index (χ4n) is 1.53. The first-order chi connectivity index (χ1) is 6.33. The second-order valence-electron chi connectivity index (χ2n) is 3.10. The minimum atomic E-state index is -0.0814. The molecule has 1 unspecified atom stereocenters. The van der Waals surface area contributed by atoms with Crippen LogP contribution in [0.25, 0.3) is 0 Å². The Hall–Kier alpha value is -1.22. The number of methoxy groups -OCH3 is 1. The predicted molar refractivity (Wildman–Crippen MR) is 48.2 cm³/mol. The molecule has 0 aliphatic carbocycles. The van der Waals surface area contributed by atoms with Crippen LogP contribution < -0.4 is 9.47 Å². The van der Waals surface area contributed by atoms with E-state index in [-0.39, 0.29) is 12.7 Å². The number of aliphatic hydroxyl groups excluding tert-OH is 1. The fraction of sp³-hybridized carbons (Fsp3) is 0.400. The van der Waals surface area contributed by atoms with Gasteiger partial charge in [-0.05, 0) is 18.2 Å². The van der Waals surface area contributed by atoms with Crippen LogP contribution in [0.1, 0.15) is 5.56 Å². The summed E-state index contributed by atoms with van der Waals surface area (Å²) in [5.41, 5.74) is 1.11. The van der Waals surface area contributed by atoms with Crippen LogP contribution in [-0.4, -0.2) is 24.9 Å². The maximum absolute atomic E-state index is 8.91. The van der Waals surface area contributed by atoms with Crippen molar-refractivity contribution in [1.29, 1.82) is 0 Å². The zero-order valence-corrected chi connectivity index (χ0v) is 7.49. The zero-order chi connectivity index (χ0) is 9.26. The van der Waals surface area contributed by atoms with Gasteiger partial charge in [-0.3, -0.25) is 0 Å². The summed E-state index contributed by atoms with van der Waals surface area (Å²) in [5.74, 6) is 1.70. The first-order valence-electron chi connectivity index (χ1n) is 4.28. The van der Waals surface area contributed by atoms with E-state index >= 15 is 0 Å². The standard InChI is InChI=1S/C10H12O3/c1-12-8-2-3-10-7(4-8)5-9(6-11)13-10/h2-4,9,11H,5-6H2,1H3. The Morgan fingerprint density at radius 3 is 3.15 bits per heavy atom. The van der Waals surface area contributed by atoms with Crippen LogP contribution in [0.3, 0.4) is 0 Å². The van der Waals surface area contributed by atoms with Gasteiger partial charge in [0.1, 0.15) is 17.6 Å². The van der Waals surface area contributed by atoms with Crippen molar-refractivity contribution in [2.45, 2.75) is 12.5 Å². The van der Waals surface area contributed by atoms with Gasteiger partial charge >= 0.3 is 0 Å². The van der Waals surface area contributed by atoms with Gasteiger partial charge in [0.05, 0.1) is 13.7 Å². The molecule has 0 fully saturated rings. The van der Waals surface area contributed by atoms with E-state index in [1.165, 1.54) is 0 Å². The molecule has 1 N–H and O–H groups in total. The number of aliphatic hydroxyl groups is 1. The average Bonchev–Trinajstić information content (AvgIpc) is 2.58. The minimum absolute atomic E-state index is 0.0665. The number of hydrogen-bond donors (Lipinski definition) is 1. The molecule has 0 radical (unpaired) electrons. The number of hydrogen-bond acceptors (Lipinski definition) is 3. The largest absolute Gasteiger partial charge is 0.497 e. The van der Waals surface area contributed by atoms with Gasteiger partial charge in [-0.2, -0.15) is 0 Å². The third-order valence-corrected chi connectivity index (χ3v) is 2.21. The molecule has 3 heteroatoms. The smallest absolute Gasteiger partial charge is 0.126 e. The summed E-state index contributed by atoms with van der Waals surface area (Å²) in [6.07, 6.45) is 0.686. The molecular formula is C10H12O3. The zero-order valence-electron chi connectivity index (χ0n) is 7.49. The molecule has 1 aromatic rings. The quantitative estimate of drug-likeness (QED) is 0.737. The van der Waals surface area contributed by atoms with Gasteiger partial charge < -0.3 is 14.6 Å². The average molecular weight is 180 g/mol. The van der Waals surface area contributed by atoms with E-state index in [0.29, 0.717) is 0 Å². The predicted octanol–water partition coefficient (Wildman–Crippen LogP) is 0.991. The highest BCUT2D eigenvalue weighted by atomic mass is 16.5. The lowest BCUT2D eigenvalue weighted by molar-refractivity contribution is 0.134. The van der Waals surface area contributed by atoms with Gasteiger partial charge in [0.25, 0.3) is 0 Å². The van der Waals surface area contributed by atoms with E-state index in [4.69, 9.17) is 14.6 Å². The second kappa shape index (κ2) is 3.26. The lowest BCUT2D eigenvalue weighted by Gasteiger charge is -2.05. The Labute approximate surface area is 76.9 Å². The van der Waals surface area contributed by atoms with Gasteiger partial charge in [0.2, 0.25) is 0 Å². The van der Waals surface area contributed by atoms with Crippen molar-refractivity contribution in [2.24, 2.45) is 0 Å². The number of ether oxygens (including phenoxy) is 2. The van der Waals surface area contributed by atoms with Gasteiger partial charge in [-0.1, -0.05) is 0 Å². The Kier molecular flexibility index (Phi) is 2.10. The molecule has 1 aromatic carbocycles. The van der Waals surface area contributed by atoms with Crippen LogP contribution >= 0.6 is 0 Å². The van der Waals surface area contributed by atoms with Crippen LogP contribution in [0.5, 0.6) is 11.5 Å². The van der Waals surface area contributed by atoms with E-state index in [1.807, 2.05) is 18.2 Å². The molecule has 13 heavy (non-hydrogen) atoms. The van der Waals surface area contributed by atoms with Crippen molar-refractivity contribution >= 4 is 0 Å². The lowest BCUT2D eigenvalue weighted by atomic mass is 10.1. The molecule has 0 spiro atoms. The van der Waals surface area contributed by atoms with Crippen molar-refractivity contribution in [3.8, 4) is 11.5 Å². The maximum Gasteiger partial charge on any atom is 0.126 e. The van der Waals surface area contributed by atoms with E-state index in [2.05, 4.69) is 0 Å². The van der Waals surface area contributed by atoms with Crippen LogP contribution in [-0.2, 0) is 6.42 Å². The summed E-state index contributed by atoms with van der Waals surface area (Å²) in [6.45, 7) is 0.0665. The van der Waals surface area contributed by atoms with Crippen LogP contribution in [0, 0.1) is 0 Å². The van der Waals surface area contributed by atoms with Crippen molar-refractivity contribution in [3.63, 3.8) is 0 Å². The van der Waals surface area contributed by atoms with Crippen LogP contribution in [0.4, 0.5) is 0 Å². The summed E-state index contributed by atoms with van der Waals surface area (Å²) < 4.78 is 10.5. The number of fused-ring (bicyclic) bond motifs is 1. The molecule has 70 valence electrons. The highest BCUT2D eigenvalue weighted by molar-refractivity contribution is 5.43. The lowest BCUT2D eigenvalue weighted by Crippen LogP contribution is -2.17. The van der Waals surface area contributed by atoms with E-state index < -0.39 is 0 Å². The van der Waals surface area contributed by atoms with Gasteiger partial charge in [-0.15, -0.1) is 0 Å². The fourth-order valence-corrected chi connectivity index (χ4v) is 1.53. The summed E-state index contributed by atoms with van der Waals surface area (Å²) >= 11 is 0. The molecule has 0 saturated heterocycles. The molecule has 1 aliphatic heterocycles. The molecule has 0 saturated carbocycles. The Morgan fingerprint density at radius 2 is 2.46 bits per heavy atom. The molecule has 0 aromatic heterocycles. The summed E-state index contributed by atoms with van der Waals surface area (Å²) in [7, 11) is 1.64. The maximum atomic E-state index is 8.91. The monoisotopic (exact) mass is 180 g/mol. The summed E-state index contributed by atoms with van der Waals surface area (Å²) in [6, 6.07) is 5.69. The molecule has 1 atom stereocenters. The van der Waals surface area contributed by atoms with Crippen LogP contribution in [0.15, 0.2) is 18.2 Å². The molecule has 0 bridgehead atoms. The Balaban J connectivity index is 2.25. The molecule has 2 rings (SSSR count). The third-order valence-electron chi connectivity index (χ3n) is 2.21. The van der Waals surface area contributed by atoms with Crippen molar-refractivity contribution in [1.82, 2.24) is 0 Å². The minimum Gasteiger partial charge on any atom is -0.497 e. The van der Waals surface area contributed by atoms with Gasteiger partial charge in [0.15, 0.2) is 0 Å². The Bertz CT molecular complexity index is 309. The van der Waals surface area contributed by atoms with Gasteiger partial charge in [0, 0.05) is 12.0 Å². The first-order valence-corrected chi connectivity index (χ1v) is 4.28. The highest BCUT2D eigenvalue weighted by Gasteiger charge is 2.22. The van der Waals surface area contributed by atoms with Crippen molar-refractivity contribution < 1.29 is 14.6 Å². The molecule has 0 amide bonds. The Morgan fingerprint density at radius 1 is 1.62 bits per heavy atom.